The average Bonchev–Trinajstić information content (AvgIpc) is 2.94. The quantitative estimate of drug-likeness (QED) is 0.742. The highest BCUT2D eigenvalue weighted by Gasteiger charge is 2.32. The van der Waals surface area contributed by atoms with E-state index in [-0.39, 0.29) is 11.8 Å². The molecule has 116 valence electrons. The van der Waals surface area contributed by atoms with Crippen molar-refractivity contribution in [3.05, 3.63) is 18.0 Å². The molecule has 0 aromatic carbocycles. The van der Waals surface area contributed by atoms with Gasteiger partial charge in [0.1, 0.15) is 6.04 Å². The van der Waals surface area contributed by atoms with Crippen molar-refractivity contribution in [2.75, 3.05) is 38.8 Å². The number of carbonyl (C=O) groups excluding carboxylic acids is 2. The van der Waals surface area contributed by atoms with Crippen LogP contribution in [0, 0.1) is 0 Å². The Kier molecular flexibility index (Phi) is 5.63. The van der Waals surface area contributed by atoms with Crippen LogP contribution in [-0.2, 0) is 20.9 Å². The van der Waals surface area contributed by atoms with Gasteiger partial charge in [0, 0.05) is 19.9 Å². The van der Waals surface area contributed by atoms with Crippen LogP contribution in [0.3, 0.4) is 0 Å². The molecule has 0 spiro atoms. The second kappa shape index (κ2) is 7.46. The normalized spacial score (nSPS) is 17.4. The van der Waals surface area contributed by atoms with Crippen LogP contribution in [0.15, 0.2) is 12.3 Å². The topological polar surface area (TPSA) is 76.5 Å². The first kappa shape index (κ1) is 15.8. The van der Waals surface area contributed by atoms with E-state index in [0.29, 0.717) is 32.0 Å². The van der Waals surface area contributed by atoms with E-state index in [9.17, 15) is 9.59 Å². The molecule has 0 unspecified atom stereocenters. The standard InChI is InChI=1S/C13H20N4O3S/c1-20-6-5-14-13(19)11-8-16(12(18)9-21-2)7-10-3-4-15-17(10)11/h3-4,11H,5-9H2,1-2H3,(H,14,19)/t11-/m0/s1. The summed E-state index contributed by atoms with van der Waals surface area (Å²) >= 11 is 1.48. The number of methoxy groups -OCH3 is 1. The molecule has 21 heavy (non-hydrogen) atoms. The van der Waals surface area contributed by atoms with Crippen LogP contribution in [0.2, 0.25) is 0 Å². The van der Waals surface area contributed by atoms with Crippen molar-refractivity contribution in [1.82, 2.24) is 20.0 Å². The number of hydrogen-bond acceptors (Lipinski definition) is 5. The monoisotopic (exact) mass is 312 g/mol. The van der Waals surface area contributed by atoms with Crippen molar-refractivity contribution in [3.63, 3.8) is 0 Å². The first-order valence-electron chi connectivity index (χ1n) is 6.73. The number of amides is 2. The van der Waals surface area contributed by atoms with Crippen molar-refractivity contribution >= 4 is 23.6 Å². The van der Waals surface area contributed by atoms with Gasteiger partial charge in [0.2, 0.25) is 11.8 Å². The molecule has 1 N–H and O–H groups in total. The molecular weight excluding hydrogens is 292 g/mol. The smallest absolute Gasteiger partial charge is 0.246 e. The number of thioether (sulfide) groups is 1. The molecule has 1 aliphatic heterocycles. The van der Waals surface area contributed by atoms with Crippen LogP contribution in [0.5, 0.6) is 0 Å². The van der Waals surface area contributed by atoms with E-state index < -0.39 is 6.04 Å². The lowest BCUT2D eigenvalue weighted by Gasteiger charge is -2.33. The minimum atomic E-state index is -0.480. The fourth-order valence-electron chi connectivity index (χ4n) is 2.29. The van der Waals surface area contributed by atoms with E-state index in [0.717, 1.165) is 5.69 Å². The molecule has 7 nitrogen and oxygen atoms in total. The predicted molar refractivity (Wildman–Crippen MR) is 79.9 cm³/mol. The summed E-state index contributed by atoms with van der Waals surface area (Å²) in [6, 6.07) is 1.36. The summed E-state index contributed by atoms with van der Waals surface area (Å²) in [5.41, 5.74) is 0.877. The van der Waals surface area contributed by atoms with E-state index in [1.165, 1.54) is 11.8 Å². The molecule has 0 fully saturated rings. The Labute approximate surface area is 128 Å². The Balaban J connectivity index is 2.09. The number of rotatable bonds is 6. The molecule has 0 saturated heterocycles. The highest BCUT2D eigenvalue weighted by Crippen LogP contribution is 2.21. The second-order valence-electron chi connectivity index (χ2n) is 4.77. The lowest BCUT2D eigenvalue weighted by atomic mass is 10.1. The van der Waals surface area contributed by atoms with Gasteiger partial charge < -0.3 is 15.0 Å². The fourth-order valence-corrected chi connectivity index (χ4v) is 2.72. The van der Waals surface area contributed by atoms with Crippen LogP contribution in [0.1, 0.15) is 11.7 Å². The van der Waals surface area contributed by atoms with E-state index >= 15 is 0 Å². The van der Waals surface area contributed by atoms with Gasteiger partial charge in [0.25, 0.3) is 0 Å². The van der Waals surface area contributed by atoms with Gasteiger partial charge in [-0.3, -0.25) is 14.3 Å². The number of nitrogens with zero attached hydrogens (tertiary/aromatic N) is 3. The summed E-state index contributed by atoms with van der Waals surface area (Å²) in [7, 11) is 1.58. The van der Waals surface area contributed by atoms with Crippen LogP contribution < -0.4 is 5.32 Å². The summed E-state index contributed by atoms with van der Waals surface area (Å²) in [4.78, 5) is 26.1. The number of aromatic nitrogens is 2. The van der Waals surface area contributed by atoms with E-state index in [2.05, 4.69) is 10.4 Å². The number of ether oxygens (including phenoxy) is 1. The number of fused-ring (bicyclic) bond motifs is 1. The Hall–Kier alpha value is -1.54. The molecule has 0 saturated carbocycles. The van der Waals surface area contributed by atoms with Gasteiger partial charge in [-0.05, 0) is 12.3 Å². The molecular formula is C13H20N4O3S. The highest BCUT2D eigenvalue weighted by molar-refractivity contribution is 7.99. The van der Waals surface area contributed by atoms with Crippen LogP contribution in [0.25, 0.3) is 0 Å². The van der Waals surface area contributed by atoms with Gasteiger partial charge in [-0.2, -0.15) is 16.9 Å². The summed E-state index contributed by atoms with van der Waals surface area (Å²) in [6.45, 7) is 1.76. The molecule has 1 aromatic heterocycles. The average molecular weight is 312 g/mol. The number of nitrogens with one attached hydrogen (secondary N) is 1. The van der Waals surface area contributed by atoms with Crippen molar-refractivity contribution in [2.24, 2.45) is 0 Å². The SMILES string of the molecule is COCCNC(=O)[C@@H]1CN(C(=O)CSC)Cc2ccnn21. The van der Waals surface area contributed by atoms with Crippen molar-refractivity contribution < 1.29 is 14.3 Å². The van der Waals surface area contributed by atoms with E-state index in [1.54, 1.807) is 22.9 Å². The van der Waals surface area contributed by atoms with Gasteiger partial charge >= 0.3 is 0 Å². The van der Waals surface area contributed by atoms with Gasteiger partial charge in [0.15, 0.2) is 0 Å². The predicted octanol–water partition coefficient (Wildman–Crippen LogP) is -0.108. The summed E-state index contributed by atoms with van der Waals surface area (Å²) < 4.78 is 6.62. The van der Waals surface area contributed by atoms with E-state index in [1.807, 2.05) is 12.3 Å². The highest BCUT2D eigenvalue weighted by atomic mass is 32.2. The fraction of sp³-hybridized carbons (Fsp3) is 0.615. The minimum Gasteiger partial charge on any atom is -0.383 e. The van der Waals surface area contributed by atoms with Crippen molar-refractivity contribution in [1.29, 1.82) is 0 Å². The molecule has 1 atom stereocenters. The molecule has 2 amide bonds. The van der Waals surface area contributed by atoms with Gasteiger partial charge in [-0.25, -0.2) is 0 Å². The first-order valence-corrected chi connectivity index (χ1v) is 8.12. The van der Waals surface area contributed by atoms with Gasteiger partial charge in [-0.15, -0.1) is 0 Å². The molecule has 2 heterocycles. The van der Waals surface area contributed by atoms with Crippen molar-refractivity contribution in [3.8, 4) is 0 Å². The van der Waals surface area contributed by atoms with Gasteiger partial charge in [-0.1, -0.05) is 0 Å². The lowest BCUT2D eigenvalue weighted by Crippen LogP contribution is -2.47. The number of carbonyl (C=O) groups is 2. The first-order chi connectivity index (χ1) is 10.2. The zero-order valence-electron chi connectivity index (χ0n) is 12.2. The van der Waals surface area contributed by atoms with Gasteiger partial charge in [0.05, 0.1) is 31.1 Å². The third-order valence-electron chi connectivity index (χ3n) is 3.32. The summed E-state index contributed by atoms with van der Waals surface area (Å²) in [5.74, 6) is 0.329. The zero-order chi connectivity index (χ0) is 15.2. The lowest BCUT2D eigenvalue weighted by molar-refractivity contribution is -0.133. The zero-order valence-corrected chi connectivity index (χ0v) is 13.1. The molecule has 2 rings (SSSR count). The minimum absolute atomic E-state index is 0.0460. The second-order valence-corrected chi connectivity index (χ2v) is 5.64. The number of hydrogen-bond donors (Lipinski definition) is 1. The maximum atomic E-state index is 12.3. The largest absolute Gasteiger partial charge is 0.383 e. The van der Waals surface area contributed by atoms with Crippen LogP contribution in [-0.4, -0.2) is 65.3 Å². The Morgan fingerprint density at radius 2 is 2.38 bits per heavy atom. The van der Waals surface area contributed by atoms with Crippen LogP contribution in [0.4, 0.5) is 0 Å². The van der Waals surface area contributed by atoms with E-state index in [4.69, 9.17) is 4.74 Å². The summed E-state index contributed by atoms with van der Waals surface area (Å²) in [6.07, 6.45) is 3.55. The Bertz CT molecular complexity index is 505. The third-order valence-corrected chi connectivity index (χ3v) is 3.86. The molecule has 1 aliphatic rings. The summed E-state index contributed by atoms with van der Waals surface area (Å²) in [5, 5.41) is 7.02. The maximum Gasteiger partial charge on any atom is 0.246 e. The van der Waals surface area contributed by atoms with Crippen molar-refractivity contribution in [2.45, 2.75) is 12.6 Å². The van der Waals surface area contributed by atoms with Crippen LogP contribution >= 0.6 is 11.8 Å². The molecule has 1 aromatic rings. The Morgan fingerprint density at radius 3 is 3.10 bits per heavy atom. The maximum absolute atomic E-state index is 12.3. The molecule has 0 bridgehead atoms. The molecule has 8 heteroatoms. The Morgan fingerprint density at radius 1 is 1.57 bits per heavy atom. The molecule has 0 radical (unpaired) electrons. The third kappa shape index (κ3) is 3.76. The molecule has 0 aliphatic carbocycles.